The number of methoxy groups -OCH3 is 2. The fourth-order valence-electron chi connectivity index (χ4n) is 3.94. The zero-order valence-electron chi connectivity index (χ0n) is 19.3. The van der Waals surface area contributed by atoms with Gasteiger partial charge >= 0.3 is 0 Å². The van der Waals surface area contributed by atoms with Crippen LogP contribution in [-0.4, -0.2) is 71.9 Å². The molecule has 1 aliphatic heterocycles. The summed E-state index contributed by atoms with van der Waals surface area (Å²) in [5.41, 5.74) is 2.40. The van der Waals surface area contributed by atoms with Gasteiger partial charge in [0, 0.05) is 56.6 Å². The fourth-order valence-corrected chi connectivity index (χ4v) is 3.94. The number of hydrogen-bond acceptors (Lipinski definition) is 5. The van der Waals surface area contributed by atoms with Gasteiger partial charge in [0.05, 0.1) is 20.3 Å². The first-order chi connectivity index (χ1) is 15.0. The summed E-state index contributed by atoms with van der Waals surface area (Å²) in [6.07, 6.45) is 1.04. The minimum absolute atomic E-state index is 0.268. The van der Waals surface area contributed by atoms with Crippen LogP contribution in [0.15, 0.2) is 53.5 Å². The van der Waals surface area contributed by atoms with Crippen molar-refractivity contribution >= 4 is 11.6 Å². The van der Waals surface area contributed by atoms with Crippen LogP contribution in [0.1, 0.15) is 18.0 Å². The minimum Gasteiger partial charge on any atom is -0.497 e. The van der Waals surface area contributed by atoms with E-state index in [1.807, 2.05) is 19.2 Å². The second-order valence-corrected chi connectivity index (χ2v) is 7.99. The number of hydrogen-bond donors (Lipinski definition) is 2. The van der Waals surface area contributed by atoms with E-state index in [9.17, 15) is 0 Å². The van der Waals surface area contributed by atoms with Crippen LogP contribution < -0.4 is 25.0 Å². The monoisotopic (exact) mass is 425 g/mol. The van der Waals surface area contributed by atoms with Crippen LogP contribution >= 0.6 is 0 Å². The van der Waals surface area contributed by atoms with Crippen LogP contribution in [0.25, 0.3) is 0 Å². The number of nitrogens with zero attached hydrogens (tertiary/aromatic N) is 3. The van der Waals surface area contributed by atoms with Crippen molar-refractivity contribution in [1.82, 2.24) is 15.5 Å². The lowest BCUT2D eigenvalue weighted by atomic mass is 10.1. The van der Waals surface area contributed by atoms with Gasteiger partial charge in [-0.25, -0.2) is 0 Å². The number of benzene rings is 2. The fraction of sp³-hybridized carbons (Fsp3) is 0.458. The van der Waals surface area contributed by atoms with Crippen molar-refractivity contribution < 1.29 is 9.47 Å². The van der Waals surface area contributed by atoms with Crippen molar-refractivity contribution in [2.45, 2.75) is 18.5 Å². The van der Waals surface area contributed by atoms with Crippen molar-refractivity contribution in [3.63, 3.8) is 0 Å². The molecule has 2 atom stereocenters. The molecule has 0 spiro atoms. The molecule has 1 saturated heterocycles. The van der Waals surface area contributed by atoms with E-state index in [1.165, 1.54) is 5.56 Å². The highest BCUT2D eigenvalue weighted by atomic mass is 16.5. The van der Waals surface area contributed by atoms with Crippen molar-refractivity contribution in [3.8, 4) is 11.5 Å². The average Bonchev–Trinajstić information content (AvgIpc) is 3.27. The van der Waals surface area contributed by atoms with E-state index in [0.717, 1.165) is 49.2 Å². The van der Waals surface area contributed by atoms with E-state index >= 15 is 0 Å². The predicted octanol–water partition coefficient (Wildman–Crippen LogP) is 2.75. The molecule has 0 amide bonds. The van der Waals surface area contributed by atoms with E-state index in [0.29, 0.717) is 6.04 Å². The van der Waals surface area contributed by atoms with E-state index in [4.69, 9.17) is 9.47 Å². The molecule has 7 nitrogen and oxygen atoms in total. The molecule has 168 valence electrons. The van der Waals surface area contributed by atoms with E-state index in [1.54, 1.807) is 14.2 Å². The highest BCUT2D eigenvalue weighted by Gasteiger charge is 2.25. The van der Waals surface area contributed by atoms with Crippen molar-refractivity contribution in [3.05, 3.63) is 54.1 Å². The van der Waals surface area contributed by atoms with Gasteiger partial charge in [-0.2, -0.15) is 0 Å². The molecule has 0 aliphatic carbocycles. The molecule has 2 aromatic rings. The summed E-state index contributed by atoms with van der Waals surface area (Å²) in [5.74, 6) is 2.44. The van der Waals surface area contributed by atoms with Crippen molar-refractivity contribution in [1.29, 1.82) is 0 Å². The van der Waals surface area contributed by atoms with E-state index in [-0.39, 0.29) is 6.04 Å². The molecule has 1 heterocycles. The molecule has 1 aliphatic rings. The normalized spacial score (nSPS) is 17.5. The first-order valence-electron chi connectivity index (χ1n) is 10.7. The van der Waals surface area contributed by atoms with Crippen LogP contribution in [0.4, 0.5) is 5.69 Å². The molecular formula is C24H35N5O2. The van der Waals surface area contributed by atoms with Gasteiger partial charge in [0.2, 0.25) is 0 Å². The van der Waals surface area contributed by atoms with Gasteiger partial charge < -0.3 is 29.9 Å². The number of rotatable bonds is 8. The second kappa shape index (κ2) is 10.9. The van der Waals surface area contributed by atoms with E-state index in [2.05, 4.69) is 75.9 Å². The zero-order chi connectivity index (χ0) is 22.2. The Bertz CT molecular complexity index is 834. The third kappa shape index (κ3) is 6.04. The lowest BCUT2D eigenvalue weighted by Crippen LogP contribution is -2.46. The number of nitrogens with one attached hydrogen (secondary N) is 2. The standard InChI is InChI=1S/C24H35N5O2/c1-25-24(26-16-23(28(2)3)18-9-7-6-8-10-18)27-19-11-12-29(17-19)20-13-21(30-4)15-22(14-20)31-5/h6-10,13-15,19,23H,11-12,16-17H2,1-5H3,(H2,25,26,27). The molecule has 1 fully saturated rings. The van der Waals surface area contributed by atoms with Gasteiger partial charge in [-0.05, 0) is 26.1 Å². The summed E-state index contributed by atoms with van der Waals surface area (Å²) in [4.78, 5) is 9.02. The Morgan fingerprint density at radius 2 is 1.81 bits per heavy atom. The summed E-state index contributed by atoms with van der Waals surface area (Å²) in [6.45, 7) is 2.64. The molecule has 0 radical (unpaired) electrons. The Morgan fingerprint density at radius 1 is 1.13 bits per heavy atom. The lowest BCUT2D eigenvalue weighted by Gasteiger charge is -2.27. The molecule has 0 aromatic heterocycles. The van der Waals surface area contributed by atoms with Crippen molar-refractivity contribution in [2.24, 2.45) is 4.99 Å². The summed E-state index contributed by atoms with van der Waals surface area (Å²) in [6, 6.07) is 17.1. The number of guanidine groups is 1. The number of likely N-dealkylation sites (N-methyl/N-ethyl adjacent to an activating group) is 1. The third-order valence-corrected chi connectivity index (χ3v) is 5.72. The molecule has 2 unspecified atom stereocenters. The Kier molecular flexibility index (Phi) is 8.00. The number of anilines is 1. The summed E-state index contributed by atoms with van der Waals surface area (Å²) >= 11 is 0. The Labute approximate surface area is 186 Å². The highest BCUT2D eigenvalue weighted by Crippen LogP contribution is 2.30. The SMILES string of the molecule is CN=C(NCC(c1ccccc1)N(C)C)NC1CCN(c2cc(OC)cc(OC)c2)C1. The summed E-state index contributed by atoms with van der Waals surface area (Å²) in [7, 11) is 9.39. The van der Waals surface area contributed by atoms with Crippen LogP contribution in [0.3, 0.4) is 0 Å². The molecule has 0 bridgehead atoms. The average molecular weight is 426 g/mol. The lowest BCUT2D eigenvalue weighted by molar-refractivity contribution is 0.298. The van der Waals surface area contributed by atoms with Crippen LogP contribution in [0, 0.1) is 0 Å². The second-order valence-electron chi connectivity index (χ2n) is 7.99. The summed E-state index contributed by atoms with van der Waals surface area (Å²) < 4.78 is 10.8. The van der Waals surface area contributed by atoms with Gasteiger partial charge in [-0.3, -0.25) is 4.99 Å². The van der Waals surface area contributed by atoms with Gasteiger partial charge in [0.1, 0.15) is 11.5 Å². The van der Waals surface area contributed by atoms with Crippen LogP contribution in [0.2, 0.25) is 0 Å². The van der Waals surface area contributed by atoms with Crippen molar-refractivity contribution in [2.75, 3.05) is 59.9 Å². The van der Waals surface area contributed by atoms with Crippen LogP contribution in [0.5, 0.6) is 11.5 Å². The Morgan fingerprint density at radius 3 is 2.39 bits per heavy atom. The van der Waals surface area contributed by atoms with Gasteiger partial charge in [-0.1, -0.05) is 30.3 Å². The first-order valence-corrected chi connectivity index (χ1v) is 10.7. The van der Waals surface area contributed by atoms with Gasteiger partial charge in [0.25, 0.3) is 0 Å². The zero-order valence-corrected chi connectivity index (χ0v) is 19.3. The molecule has 0 saturated carbocycles. The molecule has 2 aromatic carbocycles. The maximum Gasteiger partial charge on any atom is 0.191 e. The van der Waals surface area contributed by atoms with Gasteiger partial charge in [-0.15, -0.1) is 0 Å². The number of ether oxygens (including phenoxy) is 2. The smallest absolute Gasteiger partial charge is 0.191 e. The highest BCUT2D eigenvalue weighted by molar-refractivity contribution is 5.80. The number of aliphatic imine (C=N–C) groups is 1. The van der Waals surface area contributed by atoms with Gasteiger partial charge in [0.15, 0.2) is 5.96 Å². The maximum atomic E-state index is 5.42. The van der Waals surface area contributed by atoms with E-state index < -0.39 is 0 Å². The molecule has 3 rings (SSSR count). The minimum atomic E-state index is 0.268. The topological polar surface area (TPSA) is 61.4 Å². The first kappa shape index (κ1) is 22.7. The Hall–Kier alpha value is -2.93. The van der Waals surface area contributed by atoms with Crippen LogP contribution in [-0.2, 0) is 0 Å². The largest absolute Gasteiger partial charge is 0.497 e. The third-order valence-electron chi connectivity index (χ3n) is 5.72. The Balaban J connectivity index is 1.58. The summed E-state index contributed by atoms with van der Waals surface area (Å²) in [5, 5.41) is 7.09. The molecule has 2 N–H and O–H groups in total. The predicted molar refractivity (Wildman–Crippen MR) is 128 cm³/mol. The molecule has 31 heavy (non-hydrogen) atoms. The molecular weight excluding hydrogens is 390 g/mol. The maximum absolute atomic E-state index is 5.42. The molecule has 7 heteroatoms. The quantitative estimate of drug-likeness (QED) is 0.501.